The zero-order chi connectivity index (χ0) is 18.6. The number of amides is 1. The van der Waals surface area contributed by atoms with E-state index >= 15 is 0 Å². The first-order chi connectivity index (χ1) is 11.7. The van der Waals surface area contributed by atoms with Crippen molar-refractivity contribution in [2.45, 2.75) is 13.0 Å². The Bertz CT molecular complexity index is 856. The molecule has 0 radical (unpaired) electrons. The molecule has 2 aromatic rings. The van der Waals surface area contributed by atoms with Gasteiger partial charge >= 0.3 is 0 Å². The maximum Gasteiger partial charge on any atom is 0.241 e. The second kappa shape index (κ2) is 7.84. The van der Waals surface area contributed by atoms with Gasteiger partial charge in [-0.15, -0.1) is 0 Å². The SMILES string of the molecule is C[C@H](NC(=O)CN(c1cccc(Cl)c1)S(C)(=O)=O)c1ccc(F)cc1. The van der Waals surface area contributed by atoms with Crippen molar-refractivity contribution < 1.29 is 17.6 Å². The fraction of sp³-hybridized carbons (Fsp3) is 0.235. The fourth-order valence-corrected chi connectivity index (χ4v) is 3.32. The van der Waals surface area contributed by atoms with Crippen molar-refractivity contribution in [2.24, 2.45) is 0 Å². The molecule has 1 N–H and O–H groups in total. The standard InChI is InChI=1S/C17H18ClFN2O3S/c1-12(13-6-8-15(19)9-7-13)20-17(22)11-21(25(2,23)24)16-5-3-4-14(18)10-16/h3-10,12H,11H2,1-2H3,(H,20,22)/t12-/m0/s1. The first kappa shape index (κ1) is 19.2. The molecule has 0 saturated carbocycles. The van der Waals surface area contributed by atoms with Gasteiger partial charge in [-0.3, -0.25) is 9.10 Å². The lowest BCUT2D eigenvalue weighted by atomic mass is 10.1. The number of hydrogen-bond donors (Lipinski definition) is 1. The molecule has 1 amide bonds. The Morgan fingerprint density at radius 2 is 1.88 bits per heavy atom. The first-order valence-electron chi connectivity index (χ1n) is 7.45. The zero-order valence-corrected chi connectivity index (χ0v) is 15.3. The molecule has 0 aliphatic carbocycles. The van der Waals surface area contributed by atoms with E-state index in [0.717, 1.165) is 10.6 Å². The van der Waals surface area contributed by atoms with Gasteiger partial charge < -0.3 is 5.32 Å². The molecule has 0 aliphatic rings. The van der Waals surface area contributed by atoms with Crippen molar-refractivity contribution in [3.05, 3.63) is 64.9 Å². The third kappa shape index (κ3) is 5.44. The highest BCUT2D eigenvalue weighted by atomic mass is 35.5. The summed E-state index contributed by atoms with van der Waals surface area (Å²) in [5, 5.41) is 3.07. The highest BCUT2D eigenvalue weighted by Crippen LogP contribution is 2.22. The van der Waals surface area contributed by atoms with Crippen LogP contribution in [-0.4, -0.2) is 27.1 Å². The molecule has 0 heterocycles. The average Bonchev–Trinajstić information content (AvgIpc) is 2.52. The van der Waals surface area contributed by atoms with Crippen LogP contribution in [0.5, 0.6) is 0 Å². The molecule has 0 saturated heterocycles. The molecule has 2 aromatic carbocycles. The molecule has 8 heteroatoms. The van der Waals surface area contributed by atoms with Crippen LogP contribution < -0.4 is 9.62 Å². The van der Waals surface area contributed by atoms with Gasteiger partial charge in [0.1, 0.15) is 12.4 Å². The summed E-state index contributed by atoms with van der Waals surface area (Å²) in [5.41, 5.74) is 1.02. The Kier molecular flexibility index (Phi) is 6.02. The third-order valence-electron chi connectivity index (χ3n) is 3.53. The maximum atomic E-state index is 13.0. The van der Waals surface area contributed by atoms with E-state index in [9.17, 15) is 17.6 Å². The van der Waals surface area contributed by atoms with Crippen molar-refractivity contribution in [1.82, 2.24) is 5.32 Å². The second-order valence-corrected chi connectivity index (χ2v) is 7.93. The van der Waals surface area contributed by atoms with Crippen molar-refractivity contribution in [3.8, 4) is 0 Å². The number of halogens is 2. The highest BCUT2D eigenvalue weighted by molar-refractivity contribution is 7.92. The summed E-state index contributed by atoms with van der Waals surface area (Å²) in [7, 11) is -3.67. The Labute approximate surface area is 151 Å². The van der Waals surface area contributed by atoms with Crippen LogP contribution in [-0.2, 0) is 14.8 Å². The van der Waals surface area contributed by atoms with E-state index in [0.29, 0.717) is 16.3 Å². The number of anilines is 1. The Morgan fingerprint density at radius 3 is 2.44 bits per heavy atom. The van der Waals surface area contributed by atoms with Crippen LogP contribution in [0, 0.1) is 5.82 Å². The molecule has 0 aliphatic heterocycles. The van der Waals surface area contributed by atoms with Gasteiger partial charge in [0, 0.05) is 5.02 Å². The summed E-state index contributed by atoms with van der Waals surface area (Å²) in [4.78, 5) is 12.3. The van der Waals surface area contributed by atoms with Crippen molar-refractivity contribution in [2.75, 3.05) is 17.1 Å². The molecule has 0 fully saturated rings. The van der Waals surface area contributed by atoms with Gasteiger partial charge in [0.05, 0.1) is 18.0 Å². The number of nitrogens with one attached hydrogen (secondary N) is 1. The minimum Gasteiger partial charge on any atom is -0.348 e. The van der Waals surface area contributed by atoms with E-state index in [4.69, 9.17) is 11.6 Å². The summed E-state index contributed by atoms with van der Waals surface area (Å²) in [6.07, 6.45) is 1.02. The highest BCUT2D eigenvalue weighted by Gasteiger charge is 2.22. The average molecular weight is 385 g/mol. The normalized spacial score (nSPS) is 12.5. The van der Waals surface area contributed by atoms with Crippen LogP contribution >= 0.6 is 11.6 Å². The number of sulfonamides is 1. The van der Waals surface area contributed by atoms with E-state index in [1.54, 1.807) is 37.3 Å². The van der Waals surface area contributed by atoms with E-state index in [2.05, 4.69) is 5.32 Å². The quantitative estimate of drug-likeness (QED) is 0.832. The summed E-state index contributed by atoms with van der Waals surface area (Å²) >= 11 is 5.90. The van der Waals surface area contributed by atoms with Gasteiger partial charge in [-0.2, -0.15) is 0 Å². The number of hydrogen-bond acceptors (Lipinski definition) is 3. The third-order valence-corrected chi connectivity index (χ3v) is 4.91. The first-order valence-corrected chi connectivity index (χ1v) is 9.67. The zero-order valence-electron chi connectivity index (χ0n) is 13.7. The minimum atomic E-state index is -3.67. The molecular weight excluding hydrogens is 367 g/mol. The fourth-order valence-electron chi connectivity index (χ4n) is 2.28. The molecule has 25 heavy (non-hydrogen) atoms. The maximum absolute atomic E-state index is 13.0. The van der Waals surface area contributed by atoms with Crippen molar-refractivity contribution >= 4 is 33.2 Å². The predicted octanol–water partition coefficient (Wildman–Crippen LogP) is 3.12. The molecule has 0 spiro atoms. The van der Waals surface area contributed by atoms with Crippen LogP contribution in [0.15, 0.2) is 48.5 Å². The van der Waals surface area contributed by atoms with Gasteiger partial charge in [-0.25, -0.2) is 12.8 Å². The largest absolute Gasteiger partial charge is 0.348 e. The summed E-state index contributed by atoms with van der Waals surface area (Å²) in [5.74, 6) is -0.853. The van der Waals surface area contributed by atoms with Gasteiger partial charge in [0.2, 0.25) is 15.9 Å². The van der Waals surface area contributed by atoms with Crippen molar-refractivity contribution in [3.63, 3.8) is 0 Å². The Balaban J connectivity index is 2.13. The smallest absolute Gasteiger partial charge is 0.241 e. The van der Waals surface area contributed by atoms with Crippen LogP contribution in [0.4, 0.5) is 10.1 Å². The van der Waals surface area contributed by atoms with Gasteiger partial charge in [0.25, 0.3) is 0 Å². The van der Waals surface area contributed by atoms with E-state index in [1.165, 1.54) is 18.2 Å². The molecular formula is C17H18ClFN2O3S. The number of rotatable bonds is 6. The Hall–Kier alpha value is -2.12. The number of carbonyl (C=O) groups is 1. The minimum absolute atomic E-state index is 0.305. The van der Waals surface area contributed by atoms with Gasteiger partial charge in [-0.05, 0) is 42.8 Å². The monoisotopic (exact) mass is 384 g/mol. The molecule has 0 unspecified atom stereocenters. The molecule has 1 atom stereocenters. The Morgan fingerprint density at radius 1 is 1.24 bits per heavy atom. The summed E-state index contributed by atoms with van der Waals surface area (Å²) < 4.78 is 38.0. The van der Waals surface area contributed by atoms with Gasteiger partial charge in [0.15, 0.2) is 0 Å². The van der Waals surface area contributed by atoms with Crippen LogP contribution in [0.3, 0.4) is 0 Å². The molecule has 0 aromatic heterocycles. The molecule has 134 valence electrons. The number of carbonyl (C=O) groups excluding carboxylic acids is 1. The van der Waals surface area contributed by atoms with E-state index in [1.807, 2.05) is 0 Å². The van der Waals surface area contributed by atoms with Crippen LogP contribution in [0.25, 0.3) is 0 Å². The number of nitrogens with zero attached hydrogens (tertiary/aromatic N) is 1. The van der Waals surface area contributed by atoms with Crippen molar-refractivity contribution in [1.29, 1.82) is 0 Å². The summed E-state index contributed by atoms with van der Waals surface area (Å²) in [6.45, 7) is 1.35. The predicted molar refractivity (Wildman–Crippen MR) is 96.6 cm³/mol. The molecule has 5 nitrogen and oxygen atoms in total. The van der Waals surface area contributed by atoms with Crippen LogP contribution in [0.2, 0.25) is 5.02 Å². The van der Waals surface area contributed by atoms with Crippen LogP contribution in [0.1, 0.15) is 18.5 Å². The lowest BCUT2D eigenvalue weighted by molar-refractivity contribution is -0.120. The number of benzene rings is 2. The van der Waals surface area contributed by atoms with E-state index in [-0.39, 0.29) is 12.4 Å². The van der Waals surface area contributed by atoms with Gasteiger partial charge in [-0.1, -0.05) is 29.8 Å². The van der Waals surface area contributed by atoms with E-state index < -0.39 is 22.0 Å². The lowest BCUT2D eigenvalue weighted by Gasteiger charge is -2.23. The summed E-state index contributed by atoms with van der Waals surface area (Å²) in [6, 6.07) is 11.6. The lowest BCUT2D eigenvalue weighted by Crippen LogP contribution is -2.41. The molecule has 2 rings (SSSR count). The second-order valence-electron chi connectivity index (χ2n) is 5.59. The topological polar surface area (TPSA) is 66.5 Å². The molecule has 0 bridgehead atoms.